The molecule has 9 nitrogen and oxygen atoms in total. The van der Waals surface area contributed by atoms with Gasteiger partial charge in [-0.15, -0.1) is 0 Å². The van der Waals surface area contributed by atoms with E-state index in [1.165, 1.54) is 4.90 Å². The Bertz CT molecular complexity index is 1170. The fourth-order valence-corrected chi connectivity index (χ4v) is 4.63. The van der Waals surface area contributed by atoms with Gasteiger partial charge in [-0.25, -0.2) is 0 Å². The number of amides is 4. The van der Waals surface area contributed by atoms with Crippen LogP contribution < -0.4 is 16.0 Å². The minimum atomic E-state index is -4.81. The van der Waals surface area contributed by atoms with Crippen molar-refractivity contribution in [2.45, 2.75) is 76.7 Å². The van der Waals surface area contributed by atoms with E-state index in [1.54, 1.807) is 50.4 Å². The normalized spacial score (nSPS) is 22.2. The lowest BCUT2D eigenvalue weighted by atomic mass is 9.80. The lowest BCUT2D eigenvalue weighted by Crippen LogP contribution is -2.59. The van der Waals surface area contributed by atoms with Crippen LogP contribution in [0.1, 0.15) is 53.0 Å². The van der Waals surface area contributed by atoms with Crippen LogP contribution in [0.4, 0.5) is 18.9 Å². The molecule has 3 atom stereocenters. The Kier molecular flexibility index (Phi) is 7.07. The molecular weight excluding hydrogens is 491 g/mol. The lowest BCUT2D eigenvalue weighted by molar-refractivity contribution is -0.188. The van der Waals surface area contributed by atoms with Gasteiger partial charge in [-0.05, 0) is 37.3 Å². The Morgan fingerprint density at radius 2 is 1.78 bits per heavy atom. The number of nitriles is 1. The lowest BCUT2D eigenvalue weighted by Gasteiger charge is -2.32. The molecule has 0 aromatic heterocycles. The minimum absolute atomic E-state index is 0.0257. The maximum absolute atomic E-state index is 13.7. The molecule has 1 aromatic rings. The molecule has 0 aliphatic carbocycles. The van der Waals surface area contributed by atoms with Crippen LogP contribution in [-0.4, -0.2) is 58.9 Å². The second-order valence-electron chi connectivity index (χ2n) is 11.3. The summed E-state index contributed by atoms with van der Waals surface area (Å²) in [5.41, 5.74) is -3.15. The summed E-state index contributed by atoms with van der Waals surface area (Å²) >= 11 is 0. The van der Waals surface area contributed by atoms with Gasteiger partial charge in [0.2, 0.25) is 11.8 Å². The predicted octanol–water partition coefficient (Wildman–Crippen LogP) is 2.38. The zero-order valence-corrected chi connectivity index (χ0v) is 21.2. The van der Waals surface area contributed by atoms with Crippen molar-refractivity contribution in [2.75, 3.05) is 11.9 Å². The Morgan fingerprint density at radius 1 is 1.16 bits per heavy atom. The number of anilines is 1. The molecule has 1 saturated heterocycles. The number of fused-ring (bicyclic) bond motifs is 2. The second-order valence-corrected chi connectivity index (χ2v) is 11.3. The van der Waals surface area contributed by atoms with E-state index >= 15 is 0 Å². The van der Waals surface area contributed by atoms with Crippen LogP contribution in [0.2, 0.25) is 0 Å². The molecular formula is C25H30F3N5O4. The maximum atomic E-state index is 13.7. The van der Waals surface area contributed by atoms with Gasteiger partial charge in [0.15, 0.2) is 0 Å². The summed E-state index contributed by atoms with van der Waals surface area (Å²) in [4.78, 5) is 52.8. The van der Waals surface area contributed by atoms with E-state index in [0.29, 0.717) is 25.1 Å². The van der Waals surface area contributed by atoms with Crippen LogP contribution in [0.3, 0.4) is 0 Å². The van der Waals surface area contributed by atoms with Gasteiger partial charge < -0.3 is 20.9 Å². The van der Waals surface area contributed by atoms with Crippen LogP contribution in [0.15, 0.2) is 24.3 Å². The molecule has 0 unspecified atom stereocenters. The predicted molar refractivity (Wildman–Crippen MR) is 127 cm³/mol. The van der Waals surface area contributed by atoms with Crippen molar-refractivity contribution in [2.24, 2.45) is 5.41 Å². The number of rotatable bonds is 4. The molecule has 3 N–H and O–H groups in total. The average Bonchev–Trinajstić information content (AvgIpc) is 3.29. The zero-order valence-electron chi connectivity index (χ0n) is 21.2. The molecule has 0 saturated carbocycles. The number of hydrogen-bond donors (Lipinski definition) is 3. The number of alkyl halides is 3. The molecule has 2 aliphatic rings. The smallest absolute Gasteiger partial charge is 0.336 e. The van der Waals surface area contributed by atoms with Crippen molar-refractivity contribution in [1.29, 1.82) is 5.26 Å². The van der Waals surface area contributed by atoms with Gasteiger partial charge in [0.1, 0.15) is 17.6 Å². The summed E-state index contributed by atoms with van der Waals surface area (Å²) in [7, 11) is 0. The number of carbonyl (C=O) groups excluding carboxylic acids is 4. The molecule has 1 aromatic carbocycles. The Balaban J connectivity index is 1.87. The van der Waals surface area contributed by atoms with Crippen molar-refractivity contribution >= 4 is 29.3 Å². The van der Waals surface area contributed by atoms with E-state index in [9.17, 15) is 37.6 Å². The van der Waals surface area contributed by atoms with Gasteiger partial charge in [-0.2, -0.15) is 18.4 Å². The highest BCUT2D eigenvalue weighted by Crippen LogP contribution is 2.46. The summed E-state index contributed by atoms with van der Waals surface area (Å²) in [6.45, 7) is 6.63. The van der Waals surface area contributed by atoms with E-state index < -0.39 is 52.4 Å². The number of nitrogens with one attached hydrogen (secondary N) is 3. The Labute approximate surface area is 212 Å². The van der Waals surface area contributed by atoms with E-state index in [4.69, 9.17) is 0 Å². The van der Waals surface area contributed by atoms with Crippen molar-refractivity contribution in [3.05, 3.63) is 29.8 Å². The van der Waals surface area contributed by atoms with Crippen molar-refractivity contribution in [1.82, 2.24) is 15.5 Å². The second kappa shape index (κ2) is 9.36. The van der Waals surface area contributed by atoms with Crippen LogP contribution in [-0.2, 0) is 24.6 Å². The average molecular weight is 522 g/mol. The number of hydrogen-bond acceptors (Lipinski definition) is 5. The van der Waals surface area contributed by atoms with E-state index in [-0.39, 0.29) is 25.3 Å². The molecule has 0 radical (unpaired) electrons. The summed E-state index contributed by atoms with van der Waals surface area (Å²) < 4.78 is 39.5. The monoisotopic (exact) mass is 521 g/mol. The third-order valence-corrected chi connectivity index (χ3v) is 6.68. The van der Waals surface area contributed by atoms with E-state index in [0.717, 1.165) is 0 Å². The van der Waals surface area contributed by atoms with E-state index in [2.05, 4.69) is 10.6 Å². The first-order valence-corrected chi connectivity index (χ1v) is 11.7. The molecule has 37 heavy (non-hydrogen) atoms. The highest BCUT2D eigenvalue weighted by atomic mass is 19.4. The first-order chi connectivity index (χ1) is 16.9. The minimum Gasteiger partial charge on any atom is -0.336 e. The van der Waals surface area contributed by atoms with Crippen LogP contribution in [0, 0.1) is 16.7 Å². The van der Waals surface area contributed by atoms with Gasteiger partial charge in [0.05, 0.1) is 11.5 Å². The van der Waals surface area contributed by atoms with Crippen LogP contribution >= 0.6 is 0 Å². The molecule has 12 heteroatoms. The maximum Gasteiger partial charge on any atom is 0.410 e. The molecule has 4 amide bonds. The van der Waals surface area contributed by atoms with Gasteiger partial charge in [0.25, 0.3) is 0 Å². The fraction of sp³-hybridized carbons (Fsp3) is 0.560. The summed E-state index contributed by atoms with van der Waals surface area (Å²) in [6, 6.07) is 6.69. The number of nitrogens with zero attached hydrogens (tertiary/aromatic N) is 2. The van der Waals surface area contributed by atoms with Gasteiger partial charge >= 0.3 is 18.0 Å². The van der Waals surface area contributed by atoms with Crippen LogP contribution in [0.5, 0.6) is 0 Å². The van der Waals surface area contributed by atoms with Crippen molar-refractivity contribution in [3.63, 3.8) is 0 Å². The van der Waals surface area contributed by atoms with Gasteiger partial charge in [0, 0.05) is 18.7 Å². The quantitative estimate of drug-likeness (QED) is 0.524. The number of carbonyl (C=O) groups is 4. The number of benzene rings is 1. The first-order valence-electron chi connectivity index (χ1n) is 11.7. The molecule has 1 fully saturated rings. The third-order valence-electron chi connectivity index (χ3n) is 6.68. The Hall–Kier alpha value is -3.62. The molecule has 1 spiro atoms. The summed E-state index contributed by atoms with van der Waals surface area (Å²) in [6.07, 6.45) is -4.75. The molecule has 200 valence electrons. The van der Waals surface area contributed by atoms with Crippen molar-refractivity contribution in [3.8, 4) is 6.07 Å². The van der Waals surface area contributed by atoms with Gasteiger partial charge in [-0.1, -0.05) is 39.0 Å². The topological polar surface area (TPSA) is 131 Å². The molecule has 2 heterocycles. The highest BCUT2D eigenvalue weighted by Gasteiger charge is 2.56. The van der Waals surface area contributed by atoms with Gasteiger partial charge in [-0.3, -0.25) is 19.2 Å². The third kappa shape index (κ3) is 5.40. The number of likely N-dealkylation sites (tertiary alicyclic amines) is 1. The molecule has 0 bridgehead atoms. The zero-order chi connectivity index (χ0) is 28.0. The van der Waals surface area contributed by atoms with Crippen molar-refractivity contribution < 1.29 is 32.3 Å². The number of para-hydroxylation sites is 1. The fourth-order valence-electron chi connectivity index (χ4n) is 4.63. The van der Waals surface area contributed by atoms with E-state index in [1.807, 2.05) is 6.07 Å². The summed E-state index contributed by atoms with van der Waals surface area (Å²) in [5.74, 6) is -4.01. The standard InChI is InChI=1S/C25H30F3N5O4/c1-22(2,3)11-17(30-18(34)19(35)32-23(4,5)25(26,27)28)20(36)33-13-24(10-14(33)12-29)15-8-6-7-9-16(15)31-21(24)37/h6-9,14,17H,10-11,13H2,1-5H3,(H,30,34)(H,31,37)(H,32,35)/t14-,17-,24-/m0/s1. The first kappa shape index (κ1) is 28.0. The largest absolute Gasteiger partial charge is 0.410 e. The summed E-state index contributed by atoms with van der Waals surface area (Å²) in [5, 5.41) is 16.5. The SMILES string of the molecule is CC(C)(C)C[C@H](NC(=O)C(=O)NC(C)(C)C(F)(F)F)C(=O)N1C[C@]2(C[C@H]1C#N)C(=O)Nc1ccccc12. The molecule has 2 aliphatic heterocycles. The highest BCUT2D eigenvalue weighted by molar-refractivity contribution is 6.35. The van der Waals surface area contributed by atoms with Crippen LogP contribution in [0.25, 0.3) is 0 Å². The molecule has 3 rings (SSSR count). The Morgan fingerprint density at radius 3 is 2.35 bits per heavy atom. The number of halogens is 3.